The van der Waals surface area contributed by atoms with Crippen molar-refractivity contribution < 1.29 is 14.3 Å². The van der Waals surface area contributed by atoms with Crippen molar-refractivity contribution >= 4 is 34.3 Å². The third-order valence-corrected chi connectivity index (χ3v) is 3.41. The maximum absolute atomic E-state index is 11.4. The Labute approximate surface area is 108 Å². The van der Waals surface area contributed by atoms with E-state index in [2.05, 4.69) is 27.3 Å². The number of ether oxygens (including phenoxy) is 1. The lowest BCUT2D eigenvalue weighted by Gasteiger charge is -2.12. The Balaban J connectivity index is 2.88. The van der Waals surface area contributed by atoms with Crippen molar-refractivity contribution in [1.82, 2.24) is 0 Å². The van der Waals surface area contributed by atoms with Crippen LogP contribution in [0.3, 0.4) is 0 Å². The average Bonchev–Trinajstić information content (AvgIpc) is 2.26. The summed E-state index contributed by atoms with van der Waals surface area (Å²) in [4.78, 5) is 22.8. The molecule has 0 amide bonds. The summed E-state index contributed by atoms with van der Waals surface area (Å²) in [7, 11) is 1.30. The molecule has 0 bridgehead atoms. The molecule has 0 heterocycles. The second-order valence-corrected chi connectivity index (χ2v) is 4.64. The minimum atomic E-state index is -0.694. The van der Waals surface area contributed by atoms with Crippen LogP contribution in [0.5, 0.6) is 0 Å². The molecule has 16 heavy (non-hydrogen) atoms. The minimum absolute atomic E-state index is 0.161. The Kier molecular flexibility index (Phi) is 4.92. The highest BCUT2D eigenvalue weighted by atomic mass is 127. The quantitative estimate of drug-likeness (QED) is 0.482. The van der Waals surface area contributed by atoms with E-state index in [-0.39, 0.29) is 5.78 Å². The lowest BCUT2D eigenvalue weighted by atomic mass is 9.96. The van der Waals surface area contributed by atoms with E-state index in [0.717, 1.165) is 9.13 Å². The zero-order chi connectivity index (χ0) is 12.1. The van der Waals surface area contributed by atoms with E-state index in [1.165, 1.54) is 14.0 Å². The van der Waals surface area contributed by atoms with Gasteiger partial charge in [0, 0.05) is 3.57 Å². The standard InChI is InChI=1S/C12H13IO3/c1-8(14)10(12(15)16-2)7-9-5-3-4-6-11(9)13/h3-6,10H,7H2,1-2H3/t10-/m0/s1. The van der Waals surface area contributed by atoms with E-state index in [1.807, 2.05) is 24.3 Å². The van der Waals surface area contributed by atoms with E-state index >= 15 is 0 Å². The highest BCUT2D eigenvalue weighted by Gasteiger charge is 2.24. The van der Waals surface area contributed by atoms with Gasteiger partial charge in [0.05, 0.1) is 7.11 Å². The summed E-state index contributed by atoms with van der Waals surface area (Å²) >= 11 is 2.19. The summed E-state index contributed by atoms with van der Waals surface area (Å²) in [5.74, 6) is -1.32. The molecule has 1 rings (SSSR count). The number of ketones is 1. The molecule has 0 spiro atoms. The molecule has 0 unspecified atom stereocenters. The Morgan fingerprint density at radius 1 is 1.38 bits per heavy atom. The molecule has 1 atom stereocenters. The van der Waals surface area contributed by atoms with Gasteiger partial charge in [0.25, 0.3) is 0 Å². The van der Waals surface area contributed by atoms with Crippen molar-refractivity contribution in [3.8, 4) is 0 Å². The Morgan fingerprint density at radius 3 is 2.50 bits per heavy atom. The predicted molar refractivity (Wildman–Crippen MR) is 69.1 cm³/mol. The van der Waals surface area contributed by atoms with Gasteiger partial charge in [-0.3, -0.25) is 9.59 Å². The van der Waals surface area contributed by atoms with Crippen LogP contribution < -0.4 is 0 Å². The van der Waals surface area contributed by atoms with Crippen molar-refractivity contribution in [2.45, 2.75) is 13.3 Å². The number of carbonyl (C=O) groups excluding carboxylic acids is 2. The lowest BCUT2D eigenvalue weighted by Crippen LogP contribution is -2.25. The third-order valence-electron chi connectivity index (χ3n) is 2.36. The lowest BCUT2D eigenvalue weighted by molar-refractivity contribution is -0.148. The van der Waals surface area contributed by atoms with Crippen LogP contribution in [0, 0.1) is 9.49 Å². The van der Waals surface area contributed by atoms with Crippen LogP contribution in [0.2, 0.25) is 0 Å². The first kappa shape index (κ1) is 13.2. The first-order valence-corrected chi connectivity index (χ1v) is 5.95. The number of Topliss-reactive ketones (excluding diaryl/α,β-unsaturated/α-hetero) is 1. The summed E-state index contributed by atoms with van der Waals surface area (Å²) in [5, 5.41) is 0. The van der Waals surface area contributed by atoms with Crippen LogP contribution >= 0.6 is 22.6 Å². The van der Waals surface area contributed by atoms with Gasteiger partial charge in [-0.2, -0.15) is 0 Å². The Hall–Kier alpha value is -0.910. The van der Waals surface area contributed by atoms with E-state index < -0.39 is 11.9 Å². The molecule has 0 saturated carbocycles. The zero-order valence-corrected chi connectivity index (χ0v) is 11.4. The number of benzene rings is 1. The van der Waals surface area contributed by atoms with Crippen molar-refractivity contribution in [3.63, 3.8) is 0 Å². The van der Waals surface area contributed by atoms with Gasteiger partial charge < -0.3 is 4.74 Å². The topological polar surface area (TPSA) is 43.4 Å². The highest BCUT2D eigenvalue weighted by molar-refractivity contribution is 14.1. The molecule has 0 radical (unpaired) electrons. The third kappa shape index (κ3) is 3.30. The van der Waals surface area contributed by atoms with Gasteiger partial charge in [0.15, 0.2) is 0 Å². The molecule has 1 aromatic rings. The molecular weight excluding hydrogens is 319 g/mol. The van der Waals surface area contributed by atoms with Crippen molar-refractivity contribution in [2.75, 3.05) is 7.11 Å². The van der Waals surface area contributed by atoms with Crippen LogP contribution in [0.1, 0.15) is 12.5 Å². The van der Waals surface area contributed by atoms with Crippen LogP contribution in [0.4, 0.5) is 0 Å². The second-order valence-electron chi connectivity index (χ2n) is 3.48. The number of carbonyl (C=O) groups is 2. The minimum Gasteiger partial charge on any atom is -0.468 e. The van der Waals surface area contributed by atoms with Gasteiger partial charge in [-0.25, -0.2) is 0 Å². The average molecular weight is 332 g/mol. The number of hydrogen-bond acceptors (Lipinski definition) is 3. The summed E-state index contributed by atoms with van der Waals surface area (Å²) in [6.07, 6.45) is 0.404. The number of methoxy groups -OCH3 is 1. The van der Waals surface area contributed by atoms with Gasteiger partial charge in [-0.15, -0.1) is 0 Å². The molecule has 0 saturated heterocycles. The molecule has 0 aliphatic carbocycles. The molecule has 0 fully saturated rings. The predicted octanol–water partition coefficient (Wildman–Crippen LogP) is 2.21. The van der Waals surface area contributed by atoms with Gasteiger partial charge in [0.2, 0.25) is 0 Å². The molecular formula is C12H13IO3. The Morgan fingerprint density at radius 2 is 2.00 bits per heavy atom. The zero-order valence-electron chi connectivity index (χ0n) is 9.20. The van der Waals surface area contributed by atoms with E-state index in [9.17, 15) is 9.59 Å². The van der Waals surface area contributed by atoms with Crippen molar-refractivity contribution in [1.29, 1.82) is 0 Å². The fourth-order valence-corrected chi connectivity index (χ4v) is 2.03. The van der Waals surface area contributed by atoms with Crippen LogP contribution in [0.15, 0.2) is 24.3 Å². The molecule has 0 aliphatic rings. The maximum atomic E-state index is 11.4. The van der Waals surface area contributed by atoms with Crippen molar-refractivity contribution in [2.24, 2.45) is 5.92 Å². The molecule has 3 nitrogen and oxygen atoms in total. The van der Waals surface area contributed by atoms with E-state index in [0.29, 0.717) is 6.42 Å². The fourth-order valence-electron chi connectivity index (χ4n) is 1.42. The number of esters is 1. The maximum Gasteiger partial charge on any atom is 0.316 e. The van der Waals surface area contributed by atoms with Gasteiger partial charge in [-0.1, -0.05) is 18.2 Å². The first-order valence-electron chi connectivity index (χ1n) is 4.88. The molecule has 4 heteroatoms. The van der Waals surface area contributed by atoms with Crippen LogP contribution in [-0.4, -0.2) is 18.9 Å². The van der Waals surface area contributed by atoms with Crippen LogP contribution in [0.25, 0.3) is 0 Å². The summed E-state index contributed by atoms with van der Waals surface area (Å²) in [5.41, 5.74) is 0.994. The van der Waals surface area contributed by atoms with Gasteiger partial charge in [-0.05, 0) is 47.6 Å². The summed E-state index contributed by atoms with van der Waals surface area (Å²) in [6.45, 7) is 1.41. The Bertz CT molecular complexity index is 401. The smallest absolute Gasteiger partial charge is 0.316 e. The summed E-state index contributed by atoms with van der Waals surface area (Å²) < 4.78 is 5.67. The van der Waals surface area contributed by atoms with Crippen molar-refractivity contribution in [3.05, 3.63) is 33.4 Å². The fraction of sp³-hybridized carbons (Fsp3) is 0.333. The normalized spacial score (nSPS) is 11.9. The molecule has 0 aliphatic heterocycles. The first-order chi connectivity index (χ1) is 7.56. The van der Waals surface area contributed by atoms with Gasteiger partial charge in [0.1, 0.15) is 11.7 Å². The molecule has 0 aromatic heterocycles. The van der Waals surface area contributed by atoms with Gasteiger partial charge >= 0.3 is 5.97 Å². The number of rotatable bonds is 4. The number of hydrogen-bond donors (Lipinski definition) is 0. The second kappa shape index (κ2) is 5.98. The monoisotopic (exact) mass is 332 g/mol. The molecule has 0 N–H and O–H groups in total. The number of halogens is 1. The highest BCUT2D eigenvalue weighted by Crippen LogP contribution is 2.17. The van der Waals surface area contributed by atoms with Crippen LogP contribution in [-0.2, 0) is 20.7 Å². The van der Waals surface area contributed by atoms with E-state index in [1.54, 1.807) is 0 Å². The molecule has 1 aromatic carbocycles. The van der Waals surface area contributed by atoms with E-state index in [4.69, 9.17) is 0 Å². The SMILES string of the molecule is COC(=O)[C@@H](Cc1ccccc1I)C(C)=O. The summed E-state index contributed by atoms with van der Waals surface area (Å²) in [6, 6.07) is 7.68. The largest absolute Gasteiger partial charge is 0.468 e. The molecule has 86 valence electrons.